The number of carboxylic acids is 2. The Morgan fingerprint density at radius 2 is 1.45 bits per heavy atom. The first kappa shape index (κ1) is 18.9. The predicted molar refractivity (Wildman–Crippen MR) is 78.3 cm³/mol. The molecule has 1 unspecified atom stereocenters. The molecule has 0 rings (SSSR count). The Bertz CT molecular complexity index is 462. The van der Waals surface area contributed by atoms with Gasteiger partial charge in [-0.05, 0) is 12.8 Å². The second-order valence-corrected chi connectivity index (χ2v) is 9.47. The van der Waals surface area contributed by atoms with Crippen molar-refractivity contribution in [1.82, 2.24) is 0 Å². The van der Waals surface area contributed by atoms with E-state index in [0.717, 1.165) is 0 Å². The summed E-state index contributed by atoms with van der Waals surface area (Å²) >= 11 is 0. The van der Waals surface area contributed by atoms with Crippen LogP contribution in [0, 0.1) is 0 Å². The summed E-state index contributed by atoms with van der Waals surface area (Å²) in [5.74, 6) is -2.46. The summed E-state index contributed by atoms with van der Waals surface area (Å²) in [6.45, 7) is 3.41. The molecule has 7 heteroatoms. The predicted octanol–water partition coefficient (Wildman–Crippen LogP) is 2.26. The average Bonchev–Trinajstić information content (AvgIpc) is 2.31. The third kappa shape index (κ3) is 4.46. The van der Waals surface area contributed by atoms with Gasteiger partial charge in [-0.3, -0.25) is 8.82 Å². The molecule has 0 saturated carbocycles. The highest BCUT2D eigenvalue weighted by atomic mass is 31.2. The molecule has 20 heavy (non-hydrogen) atoms. The second kappa shape index (κ2) is 7.04. The maximum Gasteiger partial charge on any atom is 0.332 e. The van der Waals surface area contributed by atoms with Gasteiger partial charge in [0, 0.05) is 17.3 Å². The minimum absolute atomic E-state index is 0.0193. The molecule has 0 aliphatic rings. The van der Waals surface area contributed by atoms with Crippen LogP contribution < -0.4 is 0 Å². The maximum atomic E-state index is 12.8. The number of nitrogens with zero attached hydrogens (tertiary/aromatic N) is 1. The molecule has 1 atom stereocenters. The van der Waals surface area contributed by atoms with E-state index in [-0.39, 0.29) is 34.4 Å². The minimum Gasteiger partial charge on any atom is -0.478 e. The molecule has 0 saturated heterocycles. The fourth-order valence-electron chi connectivity index (χ4n) is 2.05. The molecule has 0 amide bonds. The molecule has 0 heterocycles. The van der Waals surface area contributed by atoms with Gasteiger partial charge in [0.2, 0.25) is 7.29 Å². The molecule has 0 spiro atoms. The van der Waals surface area contributed by atoms with E-state index >= 15 is 0 Å². The van der Waals surface area contributed by atoms with E-state index in [1.54, 1.807) is 6.92 Å². The zero-order valence-electron chi connectivity index (χ0n) is 12.8. The zero-order chi connectivity index (χ0) is 16.1. The summed E-state index contributed by atoms with van der Waals surface area (Å²) in [4.78, 5) is 22.3. The van der Waals surface area contributed by atoms with Gasteiger partial charge in [0.1, 0.15) is 0 Å². The van der Waals surface area contributed by atoms with Crippen molar-refractivity contribution in [2.45, 2.75) is 26.7 Å². The van der Waals surface area contributed by atoms with Crippen LogP contribution in [-0.2, 0) is 14.2 Å². The minimum atomic E-state index is -2.61. The van der Waals surface area contributed by atoms with Crippen LogP contribution in [0.15, 0.2) is 11.1 Å². The van der Waals surface area contributed by atoms with Crippen molar-refractivity contribution in [3.05, 3.63) is 11.1 Å². The molecular weight excluding hydrogens is 281 g/mol. The fourth-order valence-corrected chi connectivity index (χ4v) is 4.39. The molecule has 0 radical (unpaired) electrons. The molecule has 0 aromatic rings. The van der Waals surface area contributed by atoms with Crippen molar-refractivity contribution in [2.24, 2.45) is 0 Å². The van der Waals surface area contributed by atoms with Crippen molar-refractivity contribution >= 4 is 19.2 Å². The van der Waals surface area contributed by atoms with E-state index in [0.29, 0.717) is 6.16 Å². The van der Waals surface area contributed by atoms with Crippen LogP contribution in [0.25, 0.3) is 0 Å². The topological polar surface area (TPSA) is 91.7 Å². The van der Waals surface area contributed by atoms with Gasteiger partial charge < -0.3 is 10.2 Å². The smallest absolute Gasteiger partial charge is 0.332 e. The molecule has 6 nitrogen and oxygen atoms in total. The second-order valence-electron chi connectivity index (χ2n) is 5.50. The van der Waals surface area contributed by atoms with Crippen molar-refractivity contribution in [2.75, 3.05) is 33.5 Å². The van der Waals surface area contributed by atoms with Crippen LogP contribution in [0.5, 0.6) is 0 Å². The molecule has 2 N–H and O–H groups in total. The van der Waals surface area contributed by atoms with Crippen LogP contribution in [0.4, 0.5) is 0 Å². The van der Waals surface area contributed by atoms with Crippen molar-refractivity contribution in [3.63, 3.8) is 0 Å². The van der Waals surface area contributed by atoms with E-state index in [4.69, 9.17) is 5.11 Å². The normalized spacial score (nSPS) is 16.2. The van der Waals surface area contributed by atoms with E-state index in [9.17, 15) is 19.3 Å². The number of rotatable bonds is 8. The van der Waals surface area contributed by atoms with Gasteiger partial charge in [0.05, 0.1) is 27.3 Å². The van der Waals surface area contributed by atoms with Crippen molar-refractivity contribution in [3.8, 4) is 0 Å². The highest BCUT2D eigenvalue weighted by Crippen LogP contribution is 2.53. The van der Waals surface area contributed by atoms with Crippen LogP contribution >= 0.6 is 7.29 Å². The number of carboxylic acid groups (broad SMARTS) is 2. The van der Waals surface area contributed by atoms with Crippen molar-refractivity contribution < 1.29 is 28.6 Å². The van der Waals surface area contributed by atoms with Crippen molar-refractivity contribution in [1.29, 1.82) is 0 Å². The Kier molecular flexibility index (Phi) is 6.65. The first-order valence-corrected chi connectivity index (χ1v) is 8.61. The number of quaternary nitrogens is 1. The lowest BCUT2D eigenvalue weighted by Crippen LogP contribution is -2.33. The summed E-state index contributed by atoms with van der Waals surface area (Å²) in [5, 5.41) is 18.2. The standard InChI is InChI=1S/C13H24NO5P/c1-6-10(12(15)16)11(13(17)18)8-9-20(19,7-2)14(3,4)5/h6-9H2,1-5H3,(H-,15,16,17,18)/p+1/b11-10+. The first-order valence-electron chi connectivity index (χ1n) is 6.58. The monoisotopic (exact) mass is 306 g/mol. The number of hydrogen-bond donors (Lipinski definition) is 2. The highest BCUT2D eigenvalue weighted by Gasteiger charge is 2.35. The third-order valence-electron chi connectivity index (χ3n) is 3.53. The van der Waals surface area contributed by atoms with Crippen LogP contribution in [0.1, 0.15) is 26.7 Å². The highest BCUT2D eigenvalue weighted by molar-refractivity contribution is 7.58. The summed E-state index contributed by atoms with van der Waals surface area (Å²) in [6, 6.07) is 0. The van der Waals surface area contributed by atoms with Gasteiger partial charge in [-0.15, -0.1) is 0 Å². The average molecular weight is 306 g/mol. The zero-order valence-corrected chi connectivity index (χ0v) is 13.7. The van der Waals surface area contributed by atoms with Crippen LogP contribution in [0.2, 0.25) is 0 Å². The van der Waals surface area contributed by atoms with Gasteiger partial charge in [-0.25, -0.2) is 9.59 Å². The number of aliphatic carboxylic acids is 2. The van der Waals surface area contributed by atoms with Gasteiger partial charge >= 0.3 is 11.9 Å². The first-order chi connectivity index (χ1) is 9.00. The summed E-state index contributed by atoms with van der Waals surface area (Å²) in [7, 11) is 2.82. The molecule has 0 aromatic heterocycles. The van der Waals surface area contributed by atoms with E-state index in [1.807, 2.05) is 28.1 Å². The lowest BCUT2D eigenvalue weighted by atomic mass is 10.0. The lowest BCUT2D eigenvalue weighted by molar-refractivity contribution is -0.746. The Morgan fingerprint density at radius 3 is 1.70 bits per heavy atom. The van der Waals surface area contributed by atoms with Crippen LogP contribution in [-0.4, -0.2) is 59.9 Å². The molecule has 0 aliphatic carbocycles. The maximum absolute atomic E-state index is 12.8. The van der Waals surface area contributed by atoms with E-state index < -0.39 is 19.2 Å². The Labute approximate surface area is 120 Å². The number of hydrogen-bond acceptors (Lipinski definition) is 3. The van der Waals surface area contributed by atoms with Crippen LogP contribution in [0.3, 0.4) is 0 Å². The summed E-state index contributed by atoms with van der Waals surface area (Å²) < 4.78 is 13.1. The van der Waals surface area contributed by atoms with Gasteiger partial charge in [-0.1, -0.05) is 13.8 Å². The number of carbonyl (C=O) groups is 2. The molecular formula is C13H25NO5P+. The van der Waals surface area contributed by atoms with Gasteiger partial charge in [0.25, 0.3) is 0 Å². The Hall–Kier alpha value is -1.13. The quantitative estimate of drug-likeness (QED) is 0.530. The SMILES string of the molecule is CC/C(C(=O)O)=C(/CCP(=O)(CC)[N+](C)(C)C)C(=O)O. The molecule has 0 aromatic carbocycles. The molecule has 116 valence electrons. The largest absolute Gasteiger partial charge is 0.478 e. The molecule has 0 aliphatic heterocycles. The Morgan fingerprint density at radius 1 is 1.00 bits per heavy atom. The molecule has 0 bridgehead atoms. The summed E-state index contributed by atoms with van der Waals surface area (Å²) in [6.07, 6.45) is 0.812. The van der Waals surface area contributed by atoms with E-state index in [2.05, 4.69) is 0 Å². The van der Waals surface area contributed by atoms with E-state index in [1.165, 1.54) is 0 Å². The van der Waals surface area contributed by atoms with Gasteiger partial charge in [0.15, 0.2) is 0 Å². The fraction of sp³-hybridized carbons (Fsp3) is 0.692. The van der Waals surface area contributed by atoms with Gasteiger partial charge in [-0.2, -0.15) is 0 Å². The molecule has 0 fully saturated rings. The Balaban J connectivity index is 5.41. The lowest BCUT2D eigenvalue weighted by Gasteiger charge is -2.33. The summed E-state index contributed by atoms with van der Waals surface area (Å²) in [5.41, 5.74) is -0.247. The third-order valence-corrected chi connectivity index (χ3v) is 7.63.